The maximum atomic E-state index is 11.8. The first-order chi connectivity index (χ1) is 7.59. The zero-order chi connectivity index (χ0) is 11.3. The quantitative estimate of drug-likeness (QED) is 0.676. The first-order valence-electron chi connectivity index (χ1n) is 6.42. The molecule has 1 aliphatic heterocycles. The molecule has 0 aromatic rings. The second-order valence-corrected chi connectivity index (χ2v) is 6.07. The van der Waals surface area contributed by atoms with Crippen molar-refractivity contribution in [3.8, 4) is 0 Å². The minimum atomic E-state index is -0.160. The van der Waals surface area contributed by atoms with E-state index in [2.05, 4.69) is 12.2 Å². The number of hydrogen-bond acceptors (Lipinski definition) is 2. The minimum Gasteiger partial charge on any atom is -0.350 e. The Labute approximate surface area is 96.0 Å². The highest BCUT2D eigenvalue weighted by Gasteiger charge is 2.54. The van der Waals surface area contributed by atoms with Gasteiger partial charge >= 0.3 is 0 Å². The van der Waals surface area contributed by atoms with Gasteiger partial charge in [-0.15, -0.1) is 0 Å². The van der Waals surface area contributed by atoms with E-state index in [1.165, 1.54) is 6.42 Å². The van der Waals surface area contributed by atoms with Crippen LogP contribution in [0.15, 0.2) is 0 Å². The SMILES string of the molecule is C[C@@H]1C[C@H]2CC(=O)C[C@]3(C1)NC(=O)CC[C@H]23. The van der Waals surface area contributed by atoms with E-state index < -0.39 is 0 Å². The number of nitrogens with one attached hydrogen (secondary N) is 1. The van der Waals surface area contributed by atoms with Gasteiger partial charge in [-0.25, -0.2) is 0 Å². The van der Waals surface area contributed by atoms with Crippen molar-refractivity contribution >= 4 is 11.7 Å². The van der Waals surface area contributed by atoms with Crippen LogP contribution in [0, 0.1) is 17.8 Å². The molecule has 0 aromatic carbocycles. The molecular weight excluding hydrogens is 202 g/mol. The summed E-state index contributed by atoms with van der Waals surface area (Å²) in [6.07, 6.45) is 5.18. The Bertz CT molecular complexity index is 348. The average Bonchev–Trinajstić information content (AvgIpc) is 2.13. The standard InChI is InChI=1S/C13H19NO2/c1-8-4-9-5-10(15)7-13(6-8)11(9)2-3-12(16)14-13/h8-9,11H,2-7H2,1H3,(H,14,16)/t8-,9+,11-,13+/m1/s1. The lowest BCUT2D eigenvalue weighted by Gasteiger charge is -2.55. The first-order valence-corrected chi connectivity index (χ1v) is 6.42. The second kappa shape index (κ2) is 3.31. The summed E-state index contributed by atoms with van der Waals surface area (Å²) in [5, 5.41) is 3.16. The number of rotatable bonds is 0. The summed E-state index contributed by atoms with van der Waals surface area (Å²) in [6, 6.07) is 0. The van der Waals surface area contributed by atoms with E-state index in [0.717, 1.165) is 19.3 Å². The van der Waals surface area contributed by atoms with Gasteiger partial charge in [0.15, 0.2) is 0 Å². The zero-order valence-corrected chi connectivity index (χ0v) is 9.79. The number of hydrogen-bond donors (Lipinski definition) is 1. The maximum absolute atomic E-state index is 11.8. The van der Waals surface area contributed by atoms with E-state index in [9.17, 15) is 9.59 Å². The van der Waals surface area contributed by atoms with E-state index in [4.69, 9.17) is 0 Å². The van der Waals surface area contributed by atoms with Gasteiger partial charge in [-0.05, 0) is 37.0 Å². The molecule has 3 nitrogen and oxygen atoms in total. The Morgan fingerprint density at radius 2 is 2.19 bits per heavy atom. The molecule has 0 spiro atoms. The van der Waals surface area contributed by atoms with Crippen LogP contribution in [0.5, 0.6) is 0 Å². The van der Waals surface area contributed by atoms with Crippen LogP contribution in [0.25, 0.3) is 0 Å². The van der Waals surface area contributed by atoms with Crippen molar-refractivity contribution in [3.63, 3.8) is 0 Å². The minimum absolute atomic E-state index is 0.152. The molecule has 3 aliphatic rings. The molecule has 16 heavy (non-hydrogen) atoms. The van der Waals surface area contributed by atoms with Gasteiger partial charge in [0.05, 0.1) is 5.54 Å². The van der Waals surface area contributed by atoms with Gasteiger partial charge in [0.2, 0.25) is 5.91 Å². The van der Waals surface area contributed by atoms with Gasteiger partial charge in [0.25, 0.3) is 0 Å². The highest BCUT2D eigenvalue weighted by Crippen LogP contribution is 2.51. The maximum Gasteiger partial charge on any atom is 0.220 e. The molecule has 0 unspecified atom stereocenters. The molecule has 1 saturated heterocycles. The molecule has 88 valence electrons. The van der Waals surface area contributed by atoms with Crippen molar-refractivity contribution in [2.45, 2.75) is 51.0 Å². The molecule has 2 aliphatic carbocycles. The molecule has 2 bridgehead atoms. The number of piperidine rings is 1. The Morgan fingerprint density at radius 3 is 3.00 bits per heavy atom. The zero-order valence-electron chi connectivity index (χ0n) is 9.79. The monoisotopic (exact) mass is 221 g/mol. The summed E-state index contributed by atoms with van der Waals surface area (Å²) in [6.45, 7) is 2.25. The van der Waals surface area contributed by atoms with Crippen molar-refractivity contribution in [3.05, 3.63) is 0 Å². The van der Waals surface area contributed by atoms with Crippen LogP contribution in [0.1, 0.15) is 45.4 Å². The van der Waals surface area contributed by atoms with Gasteiger partial charge in [-0.2, -0.15) is 0 Å². The number of Topliss-reactive ketones (excluding diaryl/α,β-unsaturated/α-hetero) is 1. The summed E-state index contributed by atoms with van der Waals surface area (Å²) in [7, 11) is 0. The van der Waals surface area contributed by atoms with E-state index >= 15 is 0 Å². The molecule has 1 N–H and O–H groups in total. The van der Waals surface area contributed by atoms with Crippen LogP contribution in [-0.4, -0.2) is 17.2 Å². The molecule has 0 aromatic heterocycles. The van der Waals surface area contributed by atoms with Crippen molar-refractivity contribution in [1.82, 2.24) is 5.32 Å². The fraction of sp³-hybridized carbons (Fsp3) is 0.846. The molecule has 3 rings (SSSR count). The molecule has 1 amide bonds. The van der Waals surface area contributed by atoms with E-state index in [-0.39, 0.29) is 11.4 Å². The highest BCUT2D eigenvalue weighted by molar-refractivity contribution is 5.84. The summed E-state index contributed by atoms with van der Waals surface area (Å²) in [5.74, 6) is 2.26. The third-order valence-electron chi connectivity index (χ3n) is 4.77. The molecular formula is C13H19NO2. The number of amides is 1. The largest absolute Gasteiger partial charge is 0.350 e. The van der Waals surface area contributed by atoms with E-state index in [1.807, 2.05) is 0 Å². The topological polar surface area (TPSA) is 46.2 Å². The third kappa shape index (κ3) is 1.40. The van der Waals surface area contributed by atoms with Crippen molar-refractivity contribution in [2.24, 2.45) is 17.8 Å². The Kier molecular flexibility index (Phi) is 2.13. The van der Waals surface area contributed by atoms with Crippen LogP contribution in [0.4, 0.5) is 0 Å². The molecule has 4 atom stereocenters. The predicted molar refractivity (Wildman–Crippen MR) is 59.7 cm³/mol. The van der Waals surface area contributed by atoms with Crippen LogP contribution < -0.4 is 5.32 Å². The highest BCUT2D eigenvalue weighted by atomic mass is 16.2. The lowest BCUT2D eigenvalue weighted by Crippen LogP contribution is -2.65. The summed E-state index contributed by atoms with van der Waals surface area (Å²) in [4.78, 5) is 23.4. The van der Waals surface area contributed by atoms with E-state index in [0.29, 0.717) is 36.4 Å². The number of carbonyl (C=O) groups is 2. The Morgan fingerprint density at radius 1 is 1.38 bits per heavy atom. The summed E-state index contributed by atoms with van der Waals surface area (Å²) >= 11 is 0. The fourth-order valence-corrected chi connectivity index (χ4v) is 4.46. The normalized spacial score (nSPS) is 47.2. The van der Waals surface area contributed by atoms with Gasteiger partial charge < -0.3 is 5.32 Å². The van der Waals surface area contributed by atoms with Crippen molar-refractivity contribution < 1.29 is 9.59 Å². The van der Waals surface area contributed by atoms with Crippen LogP contribution >= 0.6 is 0 Å². The van der Waals surface area contributed by atoms with Gasteiger partial charge in [0.1, 0.15) is 5.78 Å². The lowest BCUT2D eigenvalue weighted by molar-refractivity contribution is -0.140. The van der Waals surface area contributed by atoms with Crippen molar-refractivity contribution in [2.75, 3.05) is 0 Å². The summed E-state index contributed by atoms with van der Waals surface area (Å²) < 4.78 is 0. The Balaban J connectivity index is 1.96. The summed E-state index contributed by atoms with van der Waals surface area (Å²) in [5.41, 5.74) is -0.160. The number of ketones is 1. The molecule has 3 fully saturated rings. The predicted octanol–water partition coefficient (Wildman–Crippen LogP) is 1.66. The lowest BCUT2D eigenvalue weighted by atomic mass is 9.54. The van der Waals surface area contributed by atoms with Gasteiger partial charge in [0, 0.05) is 19.3 Å². The average molecular weight is 221 g/mol. The smallest absolute Gasteiger partial charge is 0.220 e. The van der Waals surface area contributed by atoms with Crippen LogP contribution in [-0.2, 0) is 9.59 Å². The van der Waals surface area contributed by atoms with Crippen LogP contribution in [0.2, 0.25) is 0 Å². The first kappa shape index (κ1) is 10.3. The molecule has 3 heteroatoms. The van der Waals surface area contributed by atoms with E-state index in [1.54, 1.807) is 0 Å². The second-order valence-electron chi connectivity index (χ2n) is 6.07. The third-order valence-corrected chi connectivity index (χ3v) is 4.77. The van der Waals surface area contributed by atoms with Gasteiger partial charge in [-0.1, -0.05) is 6.92 Å². The fourth-order valence-electron chi connectivity index (χ4n) is 4.46. The van der Waals surface area contributed by atoms with Crippen LogP contribution in [0.3, 0.4) is 0 Å². The molecule has 0 radical (unpaired) electrons. The molecule has 1 heterocycles. The van der Waals surface area contributed by atoms with Crippen molar-refractivity contribution in [1.29, 1.82) is 0 Å². The number of carbonyl (C=O) groups excluding carboxylic acids is 2. The Hall–Kier alpha value is -0.860. The molecule has 2 saturated carbocycles. The van der Waals surface area contributed by atoms with Gasteiger partial charge in [-0.3, -0.25) is 9.59 Å².